The Bertz CT molecular complexity index is 1490. The van der Waals surface area contributed by atoms with Crippen LogP contribution in [0.25, 0.3) is 5.70 Å². The first-order chi connectivity index (χ1) is 20.1. The normalized spacial score (nSPS) is 20.2. The van der Waals surface area contributed by atoms with Crippen LogP contribution in [0.5, 0.6) is 5.75 Å². The molecule has 1 aromatic heterocycles. The third kappa shape index (κ3) is 6.24. The zero-order valence-corrected chi connectivity index (χ0v) is 24.3. The maximum absolute atomic E-state index is 14.0. The lowest BCUT2D eigenvalue weighted by molar-refractivity contribution is 0.0598. The molecule has 0 fully saturated rings. The van der Waals surface area contributed by atoms with Gasteiger partial charge < -0.3 is 24.8 Å². The first-order valence-corrected chi connectivity index (χ1v) is 13.6. The first-order valence-electron chi connectivity index (χ1n) is 13.6. The number of esters is 1. The smallest absolute Gasteiger partial charge is 0.347 e. The molecule has 1 heterocycles. The van der Waals surface area contributed by atoms with Gasteiger partial charge in [0.25, 0.3) is 12.0 Å². The highest BCUT2D eigenvalue weighted by Gasteiger charge is 2.32. The molecule has 3 unspecified atom stereocenters. The molecular formula is C31H36F2N4O5. The van der Waals surface area contributed by atoms with Gasteiger partial charge in [-0.1, -0.05) is 38.1 Å². The number of benzene rings is 1. The van der Waals surface area contributed by atoms with Crippen LogP contribution in [0.1, 0.15) is 36.2 Å². The minimum atomic E-state index is -2.88. The number of allylic oxidation sites excluding steroid dienone is 6. The summed E-state index contributed by atoms with van der Waals surface area (Å²) in [4.78, 5) is 33.5. The van der Waals surface area contributed by atoms with Crippen molar-refractivity contribution >= 4 is 17.5 Å². The minimum absolute atomic E-state index is 0.0252. The quantitative estimate of drug-likeness (QED) is 0.400. The first kappa shape index (κ1) is 30.5. The Labute approximate surface area is 243 Å². The Morgan fingerprint density at radius 3 is 2.48 bits per heavy atom. The number of ether oxygens (including phenoxy) is 3. The van der Waals surface area contributed by atoms with Gasteiger partial charge in [-0.15, -0.1) is 0 Å². The molecule has 2 aliphatic carbocycles. The van der Waals surface area contributed by atoms with E-state index in [2.05, 4.69) is 4.98 Å². The number of anilines is 1. The van der Waals surface area contributed by atoms with E-state index in [0.717, 1.165) is 29.3 Å². The lowest BCUT2D eigenvalue weighted by atomic mass is 9.88. The topological polar surface area (TPSA) is 109 Å². The van der Waals surface area contributed by atoms with E-state index in [0.29, 0.717) is 18.7 Å². The van der Waals surface area contributed by atoms with Gasteiger partial charge in [0.05, 0.1) is 27.0 Å². The minimum Gasteiger partial charge on any atom is -0.497 e. The lowest BCUT2D eigenvalue weighted by Gasteiger charge is -2.32. The second-order valence-electron chi connectivity index (χ2n) is 10.4. The van der Waals surface area contributed by atoms with Crippen molar-refractivity contribution in [3.63, 3.8) is 0 Å². The third-order valence-corrected chi connectivity index (χ3v) is 7.70. The number of nitrogens with two attached hydrogens (primary N) is 1. The molecule has 42 heavy (non-hydrogen) atoms. The predicted octanol–water partition coefficient (Wildman–Crippen LogP) is 4.76. The number of alkyl halides is 2. The number of halogens is 2. The Morgan fingerprint density at radius 2 is 1.88 bits per heavy atom. The number of aromatic nitrogens is 2. The Balaban J connectivity index is 1.85. The van der Waals surface area contributed by atoms with E-state index in [-0.39, 0.29) is 52.6 Å². The second-order valence-corrected chi connectivity index (χ2v) is 10.4. The second kappa shape index (κ2) is 13.1. The van der Waals surface area contributed by atoms with E-state index >= 15 is 0 Å². The highest BCUT2D eigenvalue weighted by Crippen LogP contribution is 2.34. The van der Waals surface area contributed by atoms with E-state index < -0.39 is 18.0 Å². The standard InChI is InChI=1S/C31H36F2N4O5/c1-18-6-13-24(28(32)33)27(26(18)34)37-17-35-29(25(30(37)38)31(39)42-5)36(15-20-7-10-22(40-3)11-8-20)16-21-9-12-23(41-4)14-19(21)2/h7-14,17-19,21,28H,6,15-16,34H2,1-5H3. The summed E-state index contributed by atoms with van der Waals surface area (Å²) in [6.45, 7) is 4.48. The molecule has 4 rings (SSSR count). The molecule has 11 heteroatoms. The maximum atomic E-state index is 14.0. The average molecular weight is 583 g/mol. The largest absolute Gasteiger partial charge is 0.497 e. The summed E-state index contributed by atoms with van der Waals surface area (Å²) >= 11 is 0. The number of methoxy groups -OCH3 is 3. The molecule has 224 valence electrons. The fourth-order valence-corrected chi connectivity index (χ4v) is 5.15. The van der Waals surface area contributed by atoms with Crippen molar-refractivity contribution in [3.05, 3.63) is 93.4 Å². The molecule has 0 spiro atoms. The number of hydrogen-bond donors (Lipinski definition) is 1. The fourth-order valence-electron chi connectivity index (χ4n) is 5.15. The van der Waals surface area contributed by atoms with Crippen LogP contribution in [0.15, 0.2) is 76.7 Å². The molecule has 9 nitrogen and oxygen atoms in total. The summed E-state index contributed by atoms with van der Waals surface area (Å²) in [5, 5.41) is 0. The van der Waals surface area contributed by atoms with Gasteiger partial charge in [0, 0.05) is 36.2 Å². The van der Waals surface area contributed by atoms with Gasteiger partial charge >= 0.3 is 5.97 Å². The molecule has 0 bridgehead atoms. The van der Waals surface area contributed by atoms with E-state index in [1.165, 1.54) is 6.08 Å². The maximum Gasteiger partial charge on any atom is 0.347 e. The molecule has 0 radical (unpaired) electrons. The van der Waals surface area contributed by atoms with Gasteiger partial charge in [-0.25, -0.2) is 18.6 Å². The summed E-state index contributed by atoms with van der Waals surface area (Å²) in [7, 11) is 4.33. The van der Waals surface area contributed by atoms with E-state index in [1.807, 2.05) is 54.3 Å². The van der Waals surface area contributed by atoms with Gasteiger partial charge in [-0.3, -0.25) is 9.36 Å². The molecule has 2 N–H and O–H groups in total. The van der Waals surface area contributed by atoms with Crippen molar-refractivity contribution in [2.75, 3.05) is 32.8 Å². The summed E-state index contributed by atoms with van der Waals surface area (Å²) in [5.41, 5.74) is 5.49. The third-order valence-electron chi connectivity index (χ3n) is 7.70. The van der Waals surface area contributed by atoms with Crippen molar-refractivity contribution in [2.45, 2.75) is 33.2 Å². The highest BCUT2D eigenvalue weighted by atomic mass is 19.3. The zero-order chi connectivity index (χ0) is 30.6. The molecule has 3 atom stereocenters. The molecule has 0 aliphatic heterocycles. The molecule has 0 saturated carbocycles. The number of hydrogen-bond acceptors (Lipinski definition) is 8. The van der Waals surface area contributed by atoms with Gasteiger partial charge in [0.1, 0.15) is 17.8 Å². The van der Waals surface area contributed by atoms with Crippen LogP contribution < -0.4 is 20.9 Å². The molecule has 2 aliphatic rings. The Kier molecular flexibility index (Phi) is 9.49. The molecule has 0 saturated heterocycles. The van der Waals surface area contributed by atoms with Gasteiger partial charge in [0.15, 0.2) is 11.4 Å². The van der Waals surface area contributed by atoms with E-state index in [1.54, 1.807) is 21.1 Å². The van der Waals surface area contributed by atoms with Crippen LogP contribution in [0.2, 0.25) is 0 Å². The molecule has 1 aromatic carbocycles. The molecule has 0 amide bonds. The lowest BCUT2D eigenvalue weighted by Crippen LogP contribution is -2.38. The average Bonchev–Trinajstić information content (AvgIpc) is 2.98. The summed E-state index contributed by atoms with van der Waals surface area (Å²) in [6, 6.07) is 7.38. The number of carbonyl (C=O) groups excluding carboxylic acids is 1. The highest BCUT2D eigenvalue weighted by molar-refractivity contribution is 5.94. The van der Waals surface area contributed by atoms with Crippen LogP contribution in [0, 0.1) is 17.8 Å². The van der Waals surface area contributed by atoms with Crippen molar-refractivity contribution in [1.82, 2.24) is 9.55 Å². The molecule has 2 aromatic rings. The zero-order valence-electron chi connectivity index (χ0n) is 24.3. The van der Waals surface area contributed by atoms with Crippen molar-refractivity contribution in [1.29, 1.82) is 0 Å². The summed E-state index contributed by atoms with van der Waals surface area (Å²) in [5.74, 6) is 0.319. The number of carbonyl (C=O) groups is 1. The van der Waals surface area contributed by atoms with Crippen LogP contribution in [0.3, 0.4) is 0 Å². The summed E-state index contributed by atoms with van der Waals surface area (Å²) < 4.78 is 44.7. The van der Waals surface area contributed by atoms with Crippen molar-refractivity contribution in [3.8, 4) is 5.75 Å². The monoisotopic (exact) mass is 582 g/mol. The predicted molar refractivity (Wildman–Crippen MR) is 156 cm³/mol. The number of rotatable bonds is 10. The van der Waals surface area contributed by atoms with E-state index in [9.17, 15) is 18.4 Å². The Hall–Kier alpha value is -4.41. The Morgan fingerprint density at radius 1 is 1.17 bits per heavy atom. The van der Waals surface area contributed by atoms with Gasteiger partial charge in [-0.2, -0.15) is 0 Å². The van der Waals surface area contributed by atoms with Crippen molar-refractivity contribution < 1.29 is 27.8 Å². The van der Waals surface area contributed by atoms with Crippen LogP contribution in [0.4, 0.5) is 14.6 Å². The summed E-state index contributed by atoms with van der Waals surface area (Å²) in [6.07, 6.45) is 5.84. The van der Waals surface area contributed by atoms with Crippen LogP contribution in [-0.4, -0.2) is 49.8 Å². The van der Waals surface area contributed by atoms with Crippen LogP contribution >= 0.6 is 0 Å². The van der Waals surface area contributed by atoms with Gasteiger partial charge in [-0.05, 0) is 42.2 Å². The van der Waals surface area contributed by atoms with Crippen molar-refractivity contribution in [2.24, 2.45) is 23.5 Å². The number of nitrogens with zero attached hydrogens (tertiary/aromatic N) is 3. The SMILES string of the molecule is COC(=O)c1c(N(Cc2ccc(OC)cc2)CC2C=CC(OC)=CC2C)ncn(C2=C(N)C(C)CC=C2C(F)F)c1=O. The van der Waals surface area contributed by atoms with Crippen LogP contribution in [-0.2, 0) is 16.0 Å². The van der Waals surface area contributed by atoms with E-state index in [4.69, 9.17) is 19.9 Å². The van der Waals surface area contributed by atoms with Gasteiger partial charge in [0.2, 0.25) is 0 Å². The fraction of sp³-hybridized carbons (Fsp3) is 0.387. The molecular weight excluding hydrogens is 546 g/mol.